The summed E-state index contributed by atoms with van der Waals surface area (Å²) in [5.74, 6) is -0.685. The van der Waals surface area contributed by atoms with Gasteiger partial charge >= 0.3 is 5.97 Å². The number of carboxylic acid groups (broad SMARTS) is 1. The van der Waals surface area contributed by atoms with E-state index in [-0.39, 0.29) is 22.7 Å². The highest BCUT2D eigenvalue weighted by atomic mass is 32.1. The van der Waals surface area contributed by atoms with Crippen molar-refractivity contribution < 1.29 is 14.7 Å². The maximum absolute atomic E-state index is 12.4. The van der Waals surface area contributed by atoms with Gasteiger partial charge in [-0.2, -0.15) is 0 Å². The van der Waals surface area contributed by atoms with Gasteiger partial charge in [-0.3, -0.25) is 4.79 Å². The fourth-order valence-electron chi connectivity index (χ4n) is 2.39. The van der Waals surface area contributed by atoms with Crippen LogP contribution in [0, 0.1) is 5.92 Å². The summed E-state index contributed by atoms with van der Waals surface area (Å²) >= 11 is 1.11. The maximum atomic E-state index is 12.4. The number of hydrogen-bond acceptors (Lipinski definition) is 4. The summed E-state index contributed by atoms with van der Waals surface area (Å²) in [4.78, 5) is 28.9. The number of likely N-dealkylation sites (tertiary alicyclic amines) is 1. The van der Waals surface area contributed by atoms with Gasteiger partial charge in [-0.25, -0.2) is 9.78 Å². The number of piperidine rings is 1. The summed E-state index contributed by atoms with van der Waals surface area (Å²) in [6, 6.07) is 0.201. The number of carbonyl (C=O) groups is 2. The predicted molar refractivity (Wildman–Crippen MR) is 72.6 cm³/mol. The number of rotatable bonds is 3. The Bertz CT molecular complexity index is 486. The van der Waals surface area contributed by atoms with E-state index >= 15 is 0 Å². The first-order valence-corrected chi connectivity index (χ1v) is 7.40. The minimum Gasteiger partial charge on any atom is -0.476 e. The molecule has 1 fully saturated rings. The third kappa shape index (κ3) is 2.94. The molecule has 6 heteroatoms. The Morgan fingerprint density at radius 3 is 2.84 bits per heavy atom. The SMILES string of the molecule is CCC1CCC(C)N(C(=O)c2nc(C(=O)O)cs2)C1. The maximum Gasteiger partial charge on any atom is 0.355 e. The van der Waals surface area contributed by atoms with Crippen LogP contribution in [0.25, 0.3) is 0 Å². The van der Waals surface area contributed by atoms with Gasteiger partial charge in [-0.15, -0.1) is 11.3 Å². The topological polar surface area (TPSA) is 70.5 Å². The molecular formula is C13H18N2O3S. The molecule has 2 unspecified atom stereocenters. The molecule has 0 aromatic carbocycles. The molecule has 0 radical (unpaired) electrons. The van der Waals surface area contributed by atoms with Crippen molar-refractivity contribution in [2.24, 2.45) is 5.92 Å². The van der Waals surface area contributed by atoms with Crippen molar-refractivity contribution in [3.63, 3.8) is 0 Å². The third-order valence-corrected chi connectivity index (χ3v) is 4.55. The second kappa shape index (κ2) is 5.69. The van der Waals surface area contributed by atoms with E-state index in [2.05, 4.69) is 11.9 Å². The zero-order valence-corrected chi connectivity index (χ0v) is 11.9. The molecule has 2 atom stereocenters. The first-order valence-electron chi connectivity index (χ1n) is 6.52. The highest BCUT2D eigenvalue weighted by Gasteiger charge is 2.30. The Labute approximate surface area is 116 Å². The molecule has 1 aliphatic heterocycles. The third-order valence-electron chi connectivity index (χ3n) is 3.72. The van der Waals surface area contributed by atoms with E-state index in [4.69, 9.17) is 5.11 Å². The monoisotopic (exact) mass is 282 g/mol. The van der Waals surface area contributed by atoms with Gasteiger partial charge < -0.3 is 10.0 Å². The molecule has 1 aromatic heterocycles. The van der Waals surface area contributed by atoms with Crippen LogP contribution in [0.1, 0.15) is 53.4 Å². The first-order chi connectivity index (χ1) is 9.02. The largest absolute Gasteiger partial charge is 0.476 e. The molecule has 5 nitrogen and oxygen atoms in total. The molecule has 1 N–H and O–H groups in total. The quantitative estimate of drug-likeness (QED) is 0.924. The smallest absolute Gasteiger partial charge is 0.355 e. The molecular weight excluding hydrogens is 264 g/mol. The van der Waals surface area contributed by atoms with Crippen LogP contribution >= 0.6 is 11.3 Å². The lowest BCUT2D eigenvalue weighted by molar-refractivity contribution is 0.0556. The summed E-state index contributed by atoms with van der Waals surface area (Å²) in [6.07, 6.45) is 3.22. The molecule has 1 aromatic rings. The van der Waals surface area contributed by atoms with E-state index < -0.39 is 5.97 Å². The van der Waals surface area contributed by atoms with Crippen molar-refractivity contribution in [2.75, 3.05) is 6.54 Å². The molecule has 1 amide bonds. The number of carboxylic acids is 1. The van der Waals surface area contributed by atoms with Crippen LogP contribution in [0.5, 0.6) is 0 Å². The average molecular weight is 282 g/mol. The summed E-state index contributed by atoms with van der Waals surface area (Å²) in [5, 5.41) is 10.5. The van der Waals surface area contributed by atoms with E-state index in [1.165, 1.54) is 5.38 Å². The summed E-state index contributed by atoms with van der Waals surface area (Å²) in [6.45, 7) is 4.92. The normalized spacial score (nSPS) is 23.4. The van der Waals surface area contributed by atoms with Crippen LogP contribution in [0.3, 0.4) is 0 Å². The van der Waals surface area contributed by atoms with E-state index in [0.29, 0.717) is 5.92 Å². The van der Waals surface area contributed by atoms with Crippen LogP contribution < -0.4 is 0 Å². The molecule has 1 aliphatic rings. The highest BCUT2D eigenvalue weighted by Crippen LogP contribution is 2.26. The van der Waals surface area contributed by atoms with Crippen molar-refractivity contribution in [1.82, 2.24) is 9.88 Å². The van der Waals surface area contributed by atoms with Crippen LogP contribution in [0.15, 0.2) is 5.38 Å². The second-order valence-corrected chi connectivity index (χ2v) is 5.86. The number of nitrogens with zero attached hydrogens (tertiary/aromatic N) is 2. The Kier molecular flexibility index (Phi) is 4.19. The fraction of sp³-hybridized carbons (Fsp3) is 0.615. The predicted octanol–water partition coefficient (Wildman–Crippen LogP) is 2.49. The van der Waals surface area contributed by atoms with E-state index in [0.717, 1.165) is 37.1 Å². The van der Waals surface area contributed by atoms with Crippen molar-refractivity contribution in [2.45, 2.75) is 39.2 Å². The first kappa shape index (κ1) is 14.0. The average Bonchev–Trinajstić information content (AvgIpc) is 2.88. The lowest BCUT2D eigenvalue weighted by Crippen LogP contribution is -2.45. The van der Waals surface area contributed by atoms with E-state index in [1.807, 2.05) is 11.8 Å². The molecule has 0 saturated carbocycles. The fourth-order valence-corrected chi connectivity index (χ4v) is 3.14. The summed E-state index contributed by atoms with van der Waals surface area (Å²) in [7, 11) is 0. The molecule has 0 bridgehead atoms. The number of aromatic nitrogens is 1. The van der Waals surface area contributed by atoms with Gasteiger partial charge in [0.25, 0.3) is 5.91 Å². The Hall–Kier alpha value is -1.43. The Morgan fingerprint density at radius 1 is 1.53 bits per heavy atom. The highest BCUT2D eigenvalue weighted by molar-refractivity contribution is 7.11. The van der Waals surface area contributed by atoms with Crippen molar-refractivity contribution >= 4 is 23.2 Å². The zero-order chi connectivity index (χ0) is 14.0. The van der Waals surface area contributed by atoms with Gasteiger partial charge in [0, 0.05) is 18.0 Å². The molecule has 104 valence electrons. The second-order valence-electron chi connectivity index (χ2n) is 5.00. The number of aromatic carboxylic acids is 1. The minimum absolute atomic E-state index is 0.0509. The molecule has 2 heterocycles. The Morgan fingerprint density at radius 2 is 2.26 bits per heavy atom. The van der Waals surface area contributed by atoms with Crippen LogP contribution in [0.4, 0.5) is 0 Å². The molecule has 0 aliphatic carbocycles. The van der Waals surface area contributed by atoms with Crippen molar-refractivity contribution in [1.29, 1.82) is 0 Å². The number of hydrogen-bond donors (Lipinski definition) is 1. The van der Waals surface area contributed by atoms with Crippen molar-refractivity contribution in [3.8, 4) is 0 Å². The van der Waals surface area contributed by atoms with Gasteiger partial charge in [0.05, 0.1) is 0 Å². The standard InChI is InChI=1S/C13H18N2O3S/c1-3-9-5-4-8(2)15(6-9)12(16)11-14-10(7-19-11)13(17)18/h7-9H,3-6H2,1-2H3,(H,17,18). The molecule has 1 saturated heterocycles. The Balaban J connectivity index is 2.14. The lowest BCUT2D eigenvalue weighted by Gasteiger charge is -2.37. The number of thiazole rings is 1. The van der Waals surface area contributed by atoms with Gasteiger partial charge in [0.2, 0.25) is 0 Å². The zero-order valence-electron chi connectivity index (χ0n) is 11.1. The van der Waals surface area contributed by atoms with Gasteiger partial charge in [0.1, 0.15) is 0 Å². The van der Waals surface area contributed by atoms with Crippen LogP contribution in [0.2, 0.25) is 0 Å². The van der Waals surface area contributed by atoms with Gasteiger partial charge in [-0.1, -0.05) is 13.3 Å². The van der Waals surface area contributed by atoms with Crippen LogP contribution in [-0.2, 0) is 0 Å². The molecule has 0 spiro atoms. The van der Waals surface area contributed by atoms with Gasteiger partial charge in [0.15, 0.2) is 10.7 Å². The molecule has 19 heavy (non-hydrogen) atoms. The van der Waals surface area contributed by atoms with E-state index in [1.54, 1.807) is 0 Å². The van der Waals surface area contributed by atoms with Crippen LogP contribution in [-0.4, -0.2) is 39.5 Å². The summed E-state index contributed by atoms with van der Waals surface area (Å²) in [5.41, 5.74) is -0.0509. The number of amides is 1. The van der Waals surface area contributed by atoms with Gasteiger partial charge in [-0.05, 0) is 25.7 Å². The minimum atomic E-state index is -1.09. The molecule has 2 rings (SSSR count). The number of carbonyl (C=O) groups excluding carboxylic acids is 1. The lowest BCUT2D eigenvalue weighted by atomic mass is 9.91. The van der Waals surface area contributed by atoms with E-state index in [9.17, 15) is 9.59 Å². The van der Waals surface area contributed by atoms with Crippen molar-refractivity contribution in [3.05, 3.63) is 16.1 Å². The summed E-state index contributed by atoms with van der Waals surface area (Å²) < 4.78 is 0.